The lowest BCUT2D eigenvalue weighted by molar-refractivity contribution is 0.414. The van der Waals surface area contributed by atoms with Crippen molar-refractivity contribution < 1.29 is 13.2 Å². The molecule has 7 heteroatoms. The van der Waals surface area contributed by atoms with Crippen LogP contribution >= 0.6 is 0 Å². The largest absolute Gasteiger partial charge is 0.497 e. The first-order valence-electron chi connectivity index (χ1n) is 9.96. The van der Waals surface area contributed by atoms with Gasteiger partial charge in [-0.15, -0.1) is 0 Å². The molecule has 0 aliphatic heterocycles. The van der Waals surface area contributed by atoms with Gasteiger partial charge in [-0.3, -0.25) is 4.72 Å². The molecule has 0 aliphatic rings. The number of aryl methyl sites for hydroxylation is 2. The molecule has 1 N–H and O–H groups in total. The molecular formula is C24H25N3O3S. The summed E-state index contributed by atoms with van der Waals surface area (Å²) >= 11 is 0. The number of methoxy groups -OCH3 is 1. The van der Waals surface area contributed by atoms with Crippen LogP contribution in [-0.2, 0) is 16.6 Å². The standard InChI is InChI=1S/C24H25N3O3S/c1-16-7-5-6-8-19(16)14-27-15-25-24-22(27)13-17(2)18(3)23(24)26-31(28,29)21-11-9-20(30-4)10-12-21/h5-13,15,26H,14H2,1-4H3. The summed E-state index contributed by atoms with van der Waals surface area (Å²) in [5.41, 5.74) is 6.27. The lowest BCUT2D eigenvalue weighted by Gasteiger charge is -2.15. The molecule has 0 aliphatic carbocycles. The third-order valence-corrected chi connectivity index (χ3v) is 7.01. The van der Waals surface area contributed by atoms with Gasteiger partial charge >= 0.3 is 0 Å². The molecule has 0 amide bonds. The van der Waals surface area contributed by atoms with Crippen molar-refractivity contribution in [2.24, 2.45) is 0 Å². The summed E-state index contributed by atoms with van der Waals surface area (Å²) in [6, 6.07) is 16.6. The van der Waals surface area contributed by atoms with Gasteiger partial charge in [0.1, 0.15) is 11.3 Å². The van der Waals surface area contributed by atoms with Crippen LogP contribution in [0.2, 0.25) is 0 Å². The predicted molar refractivity (Wildman–Crippen MR) is 123 cm³/mol. The lowest BCUT2D eigenvalue weighted by atomic mass is 10.1. The normalized spacial score (nSPS) is 11.6. The van der Waals surface area contributed by atoms with E-state index in [4.69, 9.17) is 4.74 Å². The van der Waals surface area contributed by atoms with Crippen molar-refractivity contribution >= 4 is 26.7 Å². The van der Waals surface area contributed by atoms with Crippen LogP contribution in [0.5, 0.6) is 5.75 Å². The maximum Gasteiger partial charge on any atom is 0.261 e. The first-order valence-corrected chi connectivity index (χ1v) is 11.4. The molecular weight excluding hydrogens is 410 g/mol. The third kappa shape index (κ3) is 4.01. The minimum absolute atomic E-state index is 0.168. The van der Waals surface area contributed by atoms with Gasteiger partial charge in [-0.25, -0.2) is 13.4 Å². The number of anilines is 1. The highest BCUT2D eigenvalue weighted by Crippen LogP contribution is 2.32. The van der Waals surface area contributed by atoms with E-state index >= 15 is 0 Å². The zero-order valence-corrected chi connectivity index (χ0v) is 18.8. The average molecular weight is 436 g/mol. The molecule has 160 valence electrons. The number of benzene rings is 3. The first-order chi connectivity index (χ1) is 14.8. The zero-order valence-electron chi connectivity index (χ0n) is 18.0. The van der Waals surface area contributed by atoms with Gasteiger partial charge in [-0.2, -0.15) is 0 Å². The number of imidazole rings is 1. The van der Waals surface area contributed by atoms with Crippen molar-refractivity contribution in [2.75, 3.05) is 11.8 Å². The van der Waals surface area contributed by atoms with Crippen molar-refractivity contribution in [3.8, 4) is 5.75 Å². The van der Waals surface area contributed by atoms with Crippen LogP contribution in [0.4, 0.5) is 5.69 Å². The van der Waals surface area contributed by atoms with Gasteiger partial charge in [0.2, 0.25) is 0 Å². The number of hydrogen-bond acceptors (Lipinski definition) is 4. The van der Waals surface area contributed by atoms with Crippen LogP contribution in [0.25, 0.3) is 11.0 Å². The summed E-state index contributed by atoms with van der Waals surface area (Å²) < 4.78 is 36.1. The molecule has 31 heavy (non-hydrogen) atoms. The van der Waals surface area contributed by atoms with E-state index in [1.807, 2.05) is 26.0 Å². The molecule has 0 saturated carbocycles. The molecule has 1 aromatic heterocycles. The average Bonchev–Trinajstić information content (AvgIpc) is 3.15. The molecule has 4 aromatic rings. The van der Waals surface area contributed by atoms with Crippen LogP contribution in [0, 0.1) is 20.8 Å². The SMILES string of the molecule is COc1ccc(S(=O)(=O)Nc2c(C)c(C)cc3c2ncn3Cc2ccccc2C)cc1. The highest BCUT2D eigenvalue weighted by molar-refractivity contribution is 7.92. The molecule has 0 spiro atoms. The zero-order chi connectivity index (χ0) is 22.2. The Morgan fingerprint density at radius 1 is 1.00 bits per heavy atom. The Balaban J connectivity index is 1.76. The highest BCUT2D eigenvalue weighted by atomic mass is 32.2. The van der Waals surface area contributed by atoms with E-state index in [9.17, 15) is 8.42 Å². The minimum Gasteiger partial charge on any atom is -0.497 e. The minimum atomic E-state index is -3.78. The lowest BCUT2D eigenvalue weighted by Crippen LogP contribution is -2.14. The van der Waals surface area contributed by atoms with Crippen molar-refractivity contribution in [1.82, 2.24) is 9.55 Å². The number of hydrogen-bond donors (Lipinski definition) is 1. The molecule has 0 radical (unpaired) electrons. The van der Waals surface area contributed by atoms with Crippen LogP contribution in [0.3, 0.4) is 0 Å². The quantitative estimate of drug-likeness (QED) is 0.471. The van der Waals surface area contributed by atoms with Crippen LogP contribution in [0.1, 0.15) is 22.3 Å². The number of nitrogens with one attached hydrogen (secondary N) is 1. The van der Waals surface area contributed by atoms with E-state index < -0.39 is 10.0 Å². The molecule has 0 unspecified atom stereocenters. The highest BCUT2D eigenvalue weighted by Gasteiger charge is 2.20. The molecule has 3 aromatic carbocycles. The summed E-state index contributed by atoms with van der Waals surface area (Å²) in [5, 5.41) is 0. The van der Waals surface area contributed by atoms with Gasteiger partial charge in [-0.05, 0) is 73.4 Å². The number of aromatic nitrogens is 2. The Morgan fingerprint density at radius 3 is 2.39 bits per heavy atom. The van der Waals surface area contributed by atoms with Gasteiger partial charge in [-0.1, -0.05) is 24.3 Å². The second-order valence-electron chi connectivity index (χ2n) is 7.64. The Labute approximate surface area is 182 Å². The van der Waals surface area contributed by atoms with E-state index in [1.54, 1.807) is 25.6 Å². The molecule has 0 atom stereocenters. The first kappa shape index (κ1) is 20.9. The number of nitrogens with zero attached hydrogens (tertiary/aromatic N) is 2. The third-order valence-electron chi connectivity index (χ3n) is 5.64. The molecule has 4 rings (SSSR count). The smallest absolute Gasteiger partial charge is 0.261 e. The topological polar surface area (TPSA) is 73.2 Å². The molecule has 0 bridgehead atoms. The summed E-state index contributed by atoms with van der Waals surface area (Å²) in [6.07, 6.45) is 1.77. The van der Waals surface area contributed by atoms with Crippen LogP contribution < -0.4 is 9.46 Å². The Bertz CT molecular complexity index is 1360. The molecule has 0 saturated heterocycles. The van der Waals surface area contributed by atoms with Crippen molar-refractivity contribution in [2.45, 2.75) is 32.2 Å². The predicted octanol–water partition coefficient (Wildman–Crippen LogP) is 4.82. The summed E-state index contributed by atoms with van der Waals surface area (Å²) in [4.78, 5) is 4.74. The second-order valence-corrected chi connectivity index (χ2v) is 9.32. The fraction of sp³-hybridized carbons (Fsp3) is 0.208. The maximum atomic E-state index is 13.1. The van der Waals surface area contributed by atoms with E-state index in [-0.39, 0.29) is 4.90 Å². The van der Waals surface area contributed by atoms with Crippen LogP contribution in [0.15, 0.2) is 65.8 Å². The Kier molecular flexibility index (Phi) is 5.45. The fourth-order valence-corrected chi connectivity index (χ4v) is 4.72. The number of sulfonamides is 1. The van der Waals surface area contributed by atoms with Gasteiger partial charge in [0, 0.05) is 6.54 Å². The van der Waals surface area contributed by atoms with E-state index in [0.29, 0.717) is 23.5 Å². The monoisotopic (exact) mass is 435 g/mol. The van der Waals surface area contributed by atoms with Crippen molar-refractivity contribution in [1.29, 1.82) is 0 Å². The summed E-state index contributed by atoms with van der Waals surface area (Å²) in [6.45, 7) is 6.63. The Hall–Kier alpha value is -3.32. The van der Waals surface area contributed by atoms with E-state index in [0.717, 1.165) is 16.6 Å². The molecule has 0 fully saturated rings. The fourth-order valence-electron chi connectivity index (χ4n) is 3.59. The second kappa shape index (κ2) is 8.07. The van der Waals surface area contributed by atoms with Gasteiger partial charge in [0.15, 0.2) is 0 Å². The molecule has 1 heterocycles. The van der Waals surface area contributed by atoms with E-state index in [1.165, 1.54) is 23.3 Å². The number of fused-ring (bicyclic) bond motifs is 1. The number of rotatable bonds is 6. The van der Waals surface area contributed by atoms with Crippen molar-refractivity contribution in [3.63, 3.8) is 0 Å². The Morgan fingerprint density at radius 2 is 1.71 bits per heavy atom. The van der Waals surface area contributed by atoms with Crippen LogP contribution in [-0.4, -0.2) is 25.1 Å². The van der Waals surface area contributed by atoms with Crippen molar-refractivity contribution in [3.05, 3.63) is 83.2 Å². The van der Waals surface area contributed by atoms with E-state index in [2.05, 4.69) is 39.4 Å². The van der Waals surface area contributed by atoms with Gasteiger partial charge < -0.3 is 9.30 Å². The maximum absolute atomic E-state index is 13.1. The number of ether oxygens (including phenoxy) is 1. The molecule has 6 nitrogen and oxygen atoms in total. The summed E-state index contributed by atoms with van der Waals surface area (Å²) in [5.74, 6) is 0.600. The van der Waals surface area contributed by atoms with Gasteiger partial charge in [0.25, 0.3) is 10.0 Å². The van der Waals surface area contributed by atoms with Gasteiger partial charge in [0.05, 0.1) is 29.5 Å². The summed E-state index contributed by atoms with van der Waals surface area (Å²) in [7, 11) is -2.24.